The molecule has 0 spiro atoms. The van der Waals surface area contributed by atoms with Gasteiger partial charge in [0.1, 0.15) is 0 Å². The van der Waals surface area contributed by atoms with Crippen molar-refractivity contribution in [2.24, 2.45) is 0 Å². The van der Waals surface area contributed by atoms with E-state index in [-0.39, 0.29) is 5.56 Å². The normalized spacial score (nSPS) is 13.5. The molecule has 2 aromatic rings. The predicted molar refractivity (Wildman–Crippen MR) is 82.5 cm³/mol. The van der Waals surface area contributed by atoms with Gasteiger partial charge in [0.2, 0.25) is 0 Å². The van der Waals surface area contributed by atoms with Crippen LogP contribution in [0.2, 0.25) is 0 Å². The molecule has 140 valence electrons. The highest BCUT2D eigenvalue weighted by atomic mass is 19.4. The zero-order chi connectivity index (χ0) is 19.5. The van der Waals surface area contributed by atoms with E-state index in [9.17, 15) is 36.2 Å². The SMILES string of the molecule is O=C(O)C(CCC(F)(F)F)c1cccc(-c2ccc(C(F)(F)F)cc2)c1. The Morgan fingerprint density at radius 1 is 0.923 bits per heavy atom. The zero-order valence-corrected chi connectivity index (χ0v) is 13.2. The summed E-state index contributed by atoms with van der Waals surface area (Å²) in [6, 6.07) is 10.0. The van der Waals surface area contributed by atoms with Crippen molar-refractivity contribution < 1.29 is 36.2 Å². The fourth-order valence-electron chi connectivity index (χ4n) is 2.53. The van der Waals surface area contributed by atoms with Crippen LogP contribution in [0.3, 0.4) is 0 Å². The first kappa shape index (κ1) is 19.8. The first-order valence-electron chi connectivity index (χ1n) is 7.54. The molecule has 0 aliphatic rings. The summed E-state index contributed by atoms with van der Waals surface area (Å²) in [6.45, 7) is 0. The fourth-order valence-corrected chi connectivity index (χ4v) is 2.53. The van der Waals surface area contributed by atoms with Crippen molar-refractivity contribution in [1.82, 2.24) is 0 Å². The van der Waals surface area contributed by atoms with E-state index < -0.39 is 42.6 Å². The number of alkyl halides is 6. The molecule has 0 aromatic heterocycles. The summed E-state index contributed by atoms with van der Waals surface area (Å²) in [6.07, 6.45) is -10.8. The number of benzene rings is 2. The minimum atomic E-state index is -4.48. The van der Waals surface area contributed by atoms with Crippen LogP contribution in [-0.4, -0.2) is 17.3 Å². The number of halogens is 6. The number of carboxylic acids is 1. The number of hydrogen-bond acceptors (Lipinski definition) is 1. The molecule has 0 radical (unpaired) electrons. The minimum Gasteiger partial charge on any atom is -0.481 e. The van der Waals surface area contributed by atoms with Gasteiger partial charge >= 0.3 is 18.3 Å². The second kappa shape index (κ2) is 7.39. The second-order valence-electron chi connectivity index (χ2n) is 5.75. The van der Waals surface area contributed by atoms with Crippen molar-refractivity contribution in [2.45, 2.75) is 31.1 Å². The van der Waals surface area contributed by atoms with Crippen molar-refractivity contribution in [2.75, 3.05) is 0 Å². The summed E-state index contributed by atoms with van der Waals surface area (Å²) in [7, 11) is 0. The monoisotopic (exact) mass is 376 g/mol. The summed E-state index contributed by atoms with van der Waals surface area (Å²) in [5.41, 5.74) is 0.166. The third-order valence-electron chi connectivity index (χ3n) is 3.85. The first-order chi connectivity index (χ1) is 12.0. The van der Waals surface area contributed by atoms with Gasteiger partial charge in [-0.1, -0.05) is 36.4 Å². The van der Waals surface area contributed by atoms with Gasteiger partial charge in [0.15, 0.2) is 0 Å². The van der Waals surface area contributed by atoms with Crippen LogP contribution in [-0.2, 0) is 11.0 Å². The lowest BCUT2D eigenvalue weighted by Crippen LogP contribution is -2.16. The maximum atomic E-state index is 12.6. The quantitative estimate of drug-likeness (QED) is 0.662. The molecule has 1 atom stereocenters. The molecule has 0 fully saturated rings. The Balaban J connectivity index is 2.29. The topological polar surface area (TPSA) is 37.3 Å². The van der Waals surface area contributed by atoms with E-state index in [1.165, 1.54) is 30.3 Å². The minimum absolute atomic E-state index is 0.166. The van der Waals surface area contributed by atoms with E-state index in [0.29, 0.717) is 11.1 Å². The van der Waals surface area contributed by atoms with Crippen LogP contribution in [0.5, 0.6) is 0 Å². The number of rotatable bonds is 5. The van der Waals surface area contributed by atoms with E-state index in [4.69, 9.17) is 0 Å². The van der Waals surface area contributed by atoms with Crippen LogP contribution in [0.4, 0.5) is 26.3 Å². The number of carboxylic acid groups (broad SMARTS) is 1. The molecule has 1 N–H and O–H groups in total. The van der Waals surface area contributed by atoms with Gasteiger partial charge < -0.3 is 5.11 Å². The maximum Gasteiger partial charge on any atom is 0.416 e. The summed E-state index contributed by atoms with van der Waals surface area (Å²) in [5.74, 6) is -2.75. The van der Waals surface area contributed by atoms with E-state index >= 15 is 0 Å². The average molecular weight is 376 g/mol. The molecule has 0 aliphatic carbocycles. The van der Waals surface area contributed by atoms with Gasteiger partial charge in [0, 0.05) is 6.42 Å². The van der Waals surface area contributed by atoms with E-state index in [1.54, 1.807) is 6.07 Å². The molecule has 0 heterocycles. The number of hydrogen-bond donors (Lipinski definition) is 1. The van der Waals surface area contributed by atoms with Crippen LogP contribution in [0, 0.1) is 0 Å². The van der Waals surface area contributed by atoms with Gasteiger partial charge in [-0.05, 0) is 35.2 Å². The highest BCUT2D eigenvalue weighted by Gasteiger charge is 2.32. The standard InChI is InChI=1S/C18H14F6O2/c19-17(20,21)9-8-15(16(25)26)13-3-1-2-12(10-13)11-4-6-14(7-5-11)18(22,23)24/h1-7,10,15H,8-9H2,(H,25,26). The smallest absolute Gasteiger partial charge is 0.416 e. The van der Waals surface area contributed by atoms with Crippen molar-refractivity contribution in [3.63, 3.8) is 0 Å². The van der Waals surface area contributed by atoms with Gasteiger partial charge in [0.05, 0.1) is 11.5 Å². The van der Waals surface area contributed by atoms with Gasteiger partial charge in [0.25, 0.3) is 0 Å². The lowest BCUT2D eigenvalue weighted by Gasteiger charge is -2.15. The maximum absolute atomic E-state index is 12.6. The second-order valence-corrected chi connectivity index (χ2v) is 5.75. The van der Waals surface area contributed by atoms with Crippen LogP contribution in [0.25, 0.3) is 11.1 Å². The van der Waals surface area contributed by atoms with Crippen molar-refractivity contribution in [3.8, 4) is 11.1 Å². The van der Waals surface area contributed by atoms with Crippen LogP contribution >= 0.6 is 0 Å². The Morgan fingerprint density at radius 2 is 1.54 bits per heavy atom. The summed E-state index contributed by atoms with van der Waals surface area (Å²) >= 11 is 0. The first-order valence-corrected chi connectivity index (χ1v) is 7.54. The Morgan fingerprint density at radius 3 is 2.04 bits per heavy atom. The lowest BCUT2D eigenvalue weighted by molar-refractivity contribution is -0.145. The van der Waals surface area contributed by atoms with Crippen molar-refractivity contribution in [3.05, 3.63) is 59.7 Å². The van der Waals surface area contributed by atoms with Gasteiger partial charge in [-0.3, -0.25) is 4.79 Å². The highest BCUT2D eigenvalue weighted by Crippen LogP contribution is 2.33. The Labute approximate surface area is 145 Å². The van der Waals surface area contributed by atoms with Crippen molar-refractivity contribution >= 4 is 5.97 Å². The molecule has 0 aliphatic heterocycles. The molecule has 0 amide bonds. The third kappa shape index (κ3) is 5.24. The average Bonchev–Trinajstić information content (AvgIpc) is 2.53. The van der Waals surface area contributed by atoms with E-state index in [2.05, 4.69) is 0 Å². The summed E-state index contributed by atoms with van der Waals surface area (Å²) < 4.78 is 75.0. The molecule has 2 nitrogen and oxygen atoms in total. The predicted octanol–water partition coefficient (Wildman–Crippen LogP) is 5.88. The van der Waals surface area contributed by atoms with Gasteiger partial charge in [-0.25, -0.2) is 0 Å². The van der Waals surface area contributed by atoms with Gasteiger partial charge in [-0.2, -0.15) is 26.3 Å². The molecule has 0 saturated heterocycles. The Bertz CT molecular complexity index is 762. The van der Waals surface area contributed by atoms with Crippen LogP contribution in [0.1, 0.15) is 29.9 Å². The summed E-state index contributed by atoms with van der Waals surface area (Å²) in [5, 5.41) is 9.22. The molecule has 0 saturated carbocycles. The summed E-state index contributed by atoms with van der Waals surface area (Å²) in [4.78, 5) is 11.3. The molecular formula is C18H14F6O2. The number of carbonyl (C=O) groups is 1. The van der Waals surface area contributed by atoms with Crippen molar-refractivity contribution in [1.29, 1.82) is 0 Å². The molecule has 2 rings (SSSR count). The van der Waals surface area contributed by atoms with Crippen LogP contribution in [0.15, 0.2) is 48.5 Å². The highest BCUT2D eigenvalue weighted by molar-refractivity contribution is 5.77. The molecule has 26 heavy (non-hydrogen) atoms. The molecule has 0 bridgehead atoms. The fraction of sp³-hybridized carbons (Fsp3) is 0.278. The van der Waals surface area contributed by atoms with E-state index in [0.717, 1.165) is 12.1 Å². The van der Waals surface area contributed by atoms with Gasteiger partial charge in [-0.15, -0.1) is 0 Å². The van der Waals surface area contributed by atoms with Crippen LogP contribution < -0.4 is 0 Å². The Hall–Kier alpha value is -2.51. The number of aliphatic carboxylic acids is 1. The zero-order valence-electron chi connectivity index (χ0n) is 13.2. The third-order valence-corrected chi connectivity index (χ3v) is 3.85. The molecule has 1 unspecified atom stereocenters. The lowest BCUT2D eigenvalue weighted by atomic mass is 9.91. The van der Waals surface area contributed by atoms with E-state index in [1.807, 2.05) is 0 Å². The Kier molecular flexibility index (Phi) is 5.63. The molecule has 2 aromatic carbocycles. The molecule has 8 heteroatoms. The largest absolute Gasteiger partial charge is 0.481 e. The molecular weight excluding hydrogens is 362 g/mol.